The van der Waals surface area contributed by atoms with E-state index in [9.17, 15) is 9.18 Å². The predicted molar refractivity (Wildman–Crippen MR) is 67.9 cm³/mol. The van der Waals surface area contributed by atoms with Crippen molar-refractivity contribution in [3.05, 3.63) is 59.9 Å². The largest absolute Gasteiger partial charge is 0.478 e. The standard InChI is InChI=1S/C14H12FNO2/c1-16(13-5-3-2-4-12(13)15)11-8-6-10(7-9-11)14(17)18/h2-9H,1H3,(H,17,18). The Bertz CT molecular complexity index is 566. The van der Waals surface area contributed by atoms with Crippen LogP contribution >= 0.6 is 0 Å². The second kappa shape index (κ2) is 4.87. The number of carboxylic acids is 1. The van der Waals surface area contributed by atoms with Crippen LogP contribution in [0.2, 0.25) is 0 Å². The highest BCUT2D eigenvalue weighted by Gasteiger charge is 2.09. The summed E-state index contributed by atoms with van der Waals surface area (Å²) in [5.74, 6) is -1.29. The number of nitrogens with zero attached hydrogens (tertiary/aromatic N) is 1. The summed E-state index contributed by atoms with van der Waals surface area (Å²) >= 11 is 0. The van der Waals surface area contributed by atoms with Gasteiger partial charge in [0.25, 0.3) is 0 Å². The highest BCUT2D eigenvalue weighted by Crippen LogP contribution is 2.25. The Hall–Kier alpha value is -2.36. The molecule has 2 aromatic rings. The molecule has 0 radical (unpaired) electrons. The van der Waals surface area contributed by atoms with Gasteiger partial charge in [-0.3, -0.25) is 0 Å². The molecule has 0 aromatic heterocycles. The van der Waals surface area contributed by atoms with Gasteiger partial charge in [0, 0.05) is 12.7 Å². The number of rotatable bonds is 3. The first-order valence-electron chi connectivity index (χ1n) is 5.41. The van der Waals surface area contributed by atoms with Crippen molar-refractivity contribution in [3.8, 4) is 0 Å². The van der Waals surface area contributed by atoms with Crippen molar-refractivity contribution in [3.63, 3.8) is 0 Å². The molecule has 0 amide bonds. The lowest BCUT2D eigenvalue weighted by atomic mass is 10.2. The number of carboxylic acid groups (broad SMARTS) is 1. The zero-order chi connectivity index (χ0) is 13.1. The molecule has 0 aliphatic carbocycles. The maximum absolute atomic E-state index is 13.6. The molecule has 0 aliphatic heterocycles. The fourth-order valence-corrected chi connectivity index (χ4v) is 1.69. The van der Waals surface area contributed by atoms with E-state index in [4.69, 9.17) is 5.11 Å². The Balaban J connectivity index is 2.32. The van der Waals surface area contributed by atoms with Gasteiger partial charge in [-0.05, 0) is 36.4 Å². The van der Waals surface area contributed by atoms with Gasteiger partial charge in [0.05, 0.1) is 11.3 Å². The Labute approximate surface area is 104 Å². The minimum atomic E-state index is -0.977. The highest BCUT2D eigenvalue weighted by molar-refractivity contribution is 5.88. The quantitative estimate of drug-likeness (QED) is 0.902. The molecule has 0 spiro atoms. The molecular weight excluding hydrogens is 233 g/mol. The van der Waals surface area contributed by atoms with E-state index in [-0.39, 0.29) is 11.4 Å². The zero-order valence-electron chi connectivity index (χ0n) is 9.80. The fraction of sp³-hybridized carbons (Fsp3) is 0.0714. The lowest BCUT2D eigenvalue weighted by Crippen LogP contribution is -2.11. The molecule has 0 fully saturated rings. The zero-order valence-corrected chi connectivity index (χ0v) is 9.80. The summed E-state index contributed by atoms with van der Waals surface area (Å²) in [6.07, 6.45) is 0. The number of benzene rings is 2. The molecule has 1 N–H and O–H groups in total. The van der Waals surface area contributed by atoms with Gasteiger partial charge in [-0.2, -0.15) is 0 Å². The average molecular weight is 245 g/mol. The van der Waals surface area contributed by atoms with E-state index in [0.717, 1.165) is 5.69 Å². The molecule has 0 bridgehead atoms. The van der Waals surface area contributed by atoms with Crippen molar-refractivity contribution < 1.29 is 14.3 Å². The smallest absolute Gasteiger partial charge is 0.335 e. The van der Waals surface area contributed by atoms with Crippen LogP contribution in [-0.2, 0) is 0 Å². The summed E-state index contributed by atoms with van der Waals surface area (Å²) < 4.78 is 13.6. The Morgan fingerprint density at radius 1 is 1.11 bits per heavy atom. The highest BCUT2D eigenvalue weighted by atomic mass is 19.1. The third kappa shape index (κ3) is 2.32. The first-order chi connectivity index (χ1) is 8.59. The van der Waals surface area contributed by atoms with Gasteiger partial charge in [-0.25, -0.2) is 9.18 Å². The summed E-state index contributed by atoms with van der Waals surface area (Å²) in [6.45, 7) is 0. The molecule has 0 unspecified atom stereocenters. The van der Waals surface area contributed by atoms with E-state index in [1.165, 1.54) is 18.2 Å². The van der Waals surface area contributed by atoms with Crippen LogP contribution in [0.3, 0.4) is 0 Å². The first kappa shape index (κ1) is 12.1. The second-order valence-corrected chi connectivity index (χ2v) is 3.86. The Morgan fingerprint density at radius 2 is 1.72 bits per heavy atom. The second-order valence-electron chi connectivity index (χ2n) is 3.86. The van der Waals surface area contributed by atoms with Crippen molar-refractivity contribution in [1.82, 2.24) is 0 Å². The number of halogens is 1. The Kier molecular flexibility index (Phi) is 3.28. The van der Waals surface area contributed by atoms with E-state index in [1.807, 2.05) is 0 Å². The van der Waals surface area contributed by atoms with Crippen molar-refractivity contribution in [2.24, 2.45) is 0 Å². The van der Waals surface area contributed by atoms with Gasteiger partial charge < -0.3 is 10.0 Å². The summed E-state index contributed by atoms with van der Waals surface area (Å²) in [6, 6.07) is 12.7. The molecule has 0 saturated carbocycles. The van der Waals surface area contributed by atoms with E-state index in [1.54, 1.807) is 42.3 Å². The molecular formula is C14H12FNO2. The summed E-state index contributed by atoms with van der Waals surface area (Å²) in [5, 5.41) is 8.80. The topological polar surface area (TPSA) is 40.5 Å². The van der Waals surface area contributed by atoms with Crippen molar-refractivity contribution >= 4 is 17.3 Å². The van der Waals surface area contributed by atoms with Crippen LogP contribution < -0.4 is 4.90 Å². The molecule has 0 heterocycles. The van der Waals surface area contributed by atoms with Gasteiger partial charge in [-0.15, -0.1) is 0 Å². The number of aromatic carboxylic acids is 1. The lowest BCUT2D eigenvalue weighted by Gasteiger charge is -2.20. The van der Waals surface area contributed by atoms with Gasteiger partial charge in [0.2, 0.25) is 0 Å². The number of para-hydroxylation sites is 1. The predicted octanol–water partition coefficient (Wildman–Crippen LogP) is 3.29. The van der Waals surface area contributed by atoms with E-state index in [2.05, 4.69) is 0 Å². The van der Waals surface area contributed by atoms with Crippen LogP contribution in [0.25, 0.3) is 0 Å². The van der Waals surface area contributed by atoms with Gasteiger partial charge in [0.1, 0.15) is 5.82 Å². The van der Waals surface area contributed by atoms with E-state index < -0.39 is 5.97 Å². The fourth-order valence-electron chi connectivity index (χ4n) is 1.69. The van der Waals surface area contributed by atoms with Gasteiger partial charge >= 0.3 is 5.97 Å². The number of hydrogen-bond acceptors (Lipinski definition) is 2. The first-order valence-corrected chi connectivity index (χ1v) is 5.41. The van der Waals surface area contributed by atoms with Crippen LogP contribution in [0.1, 0.15) is 10.4 Å². The molecule has 92 valence electrons. The number of carbonyl (C=O) groups is 1. The third-order valence-corrected chi connectivity index (χ3v) is 2.72. The van der Waals surface area contributed by atoms with Crippen molar-refractivity contribution in [2.45, 2.75) is 0 Å². The minimum Gasteiger partial charge on any atom is -0.478 e. The lowest BCUT2D eigenvalue weighted by molar-refractivity contribution is 0.0697. The van der Waals surface area contributed by atoms with Crippen LogP contribution in [0.15, 0.2) is 48.5 Å². The minimum absolute atomic E-state index is 0.209. The van der Waals surface area contributed by atoms with Crippen molar-refractivity contribution in [2.75, 3.05) is 11.9 Å². The molecule has 2 rings (SSSR count). The van der Waals surface area contributed by atoms with Crippen LogP contribution in [0.5, 0.6) is 0 Å². The maximum atomic E-state index is 13.6. The third-order valence-electron chi connectivity index (χ3n) is 2.72. The number of anilines is 2. The molecule has 0 saturated heterocycles. The van der Waals surface area contributed by atoms with Crippen LogP contribution in [0, 0.1) is 5.82 Å². The molecule has 18 heavy (non-hydrogen) atoms. The SMILES string of the molecule is CN(c1ccc(C(=O)O)cc1)c1ccccc1F. The number of hydrogen-bond donors (Lipinski definition) is 1. The molecule has 2 aromatic carbocycles. The molecule has 3 nitrogen and oxygen atoms in total. The summed E-state index contributed by atoms with van der Waals surface area (Å²) in [5.41, 5.74) is 1.38. The molecule has 0 atom stereocenters. The molecule has 4 heteroatoms. The molecule has 0 aliphatic rings. The Morgan fingerprint density at radius 3 is 2.28 bits per heavy atom. The van der Waals surface area contributed by atoms with Gasteiger partial charge in [0.15, 0.2) is 0 Å². The summed E-state index contributed by atoms with van der Waals surface area (Å²) in [7, 11) is 1.73. The average Bonchev–Trinajstić information content (AvgIpc) is 2.38. The maximum Gasteiger partial charge on any atom is 0.335 e. The van der Waals surface area contributed by atoms with E-state index >= 15 is 0 Å². The van der Waals surface area contributed by atoms with Gasteiger partial charge in [-0.1, -0.05) is 12.1 Å². The van der Waals surface area contributed by atoms with E-state index in [0.29, 0.717) is 5.69 Å². The van der Waals surface area contributed by atoms with Crippen LogP contribution in [-0.4, -0.2) is 18.1 Å². The van der Waals surface area contributed by atoms with Crippen LogP contribution in [0.4, 0.5) is 15.8 Å². The normalized spacial score (nSPS) is 10.1. The summed E-state index contributed by atoms with van der Waals surface area (Å²) in [4.78, 5) is 12.4. The monoisotopic (exact) mass is 245 g/mol. The van der Waals surface area contributed by atoms with Crippen molar-refractivity contribution in [1.29, 1.82) is 0 Å².